The molecule has 0 bridgehead atoms. The molecule has 94 valence electrons. The first-order valence-corrected chi connectivity index (χ1v) is 7.06. The van der Waals surface area contributed by atoms with Crippen molar-refractivity contribution in [3.63, 3.8) is 0 Å². The zero-order valence-corrected chi connectivity index (χ0v) is 10.7. The van der Waals surface area contributed by atoms with Crippen LogP contribution in [0.3, 0.4) is 0 Å². The smallest absolute Gasteiger partial charge is 0.116 e. The maximum absolute atomic E-state index is 4.52. The van der Waals surface area contributed by atoms with E-state index in [9.17, 15) is 0 Å². The summed E-state index contributed by atoms with van der Waals surface area (Å²) in [4.78, 5) is 7.04. The van der Waals surface area contributed by atoms with Crippen LogP contribution in [0.15, 0.2) is 23.2 Å². The standard InChI is InChI=1S/C15H19N3/c1-3-11-4-2-6-13-15(11)12(5-1)9-18(13)10-14-16-7-8-17-14/h2,4,6,12H,1,3,5,7-10H2,(H,16,17). The summed E-state index contributed by atoms with van der Waals surface area (Å²) in [6.07, 6.45) is 3.99. The molecule has 0 radical (unpaired) electrons. The largest absolute Gasteiger partial charge is 0.370 e. The molecular formula is C15H19N3. The lowest BCUT2D eigenvalue weighted by atomic mass is 9.84. The summed E-state index contributed by atoms with van der Waals surface area (Å²) in [5, 5.41) is 3.39. The molecule has 0 saturated carbocycles. The Morgan fingerprint density at radius 1 is 1.39 bits per heavy atom. The van der Waals surface area contributed by atoms with Crippen molar-refractivity contribution in [1.29, 1.82) is 0 Å². The molecule has 3 aliphatic rings. The van der Waals surface area contributed by atoms with Crippen LogP contribution in [-0.4, -0.2) is 32.0 Å². The summed E-state index contributed by atoms with van der Waals surface area (Å²) in [5.74, 6) is 1.94. The van der Waals surface area contributed by atoms with Gasteiger partial charge in [-0.1, -0.05) is 12.1 Å². The minimum absolute atomic E-state index is 0.770. The van der Waals surface area contributed by atoms with Gasteiger partial charge >= 0.3 is 0 Å². The molecular weight excluding hydrogens is 222 g/mol. The second kappa shape index (κ2) is 4.01. The third-order valence-corrected chi connectivity index (χ3v) is 4.45. The number of nitrogens with zero attached hydrogens (tertiary/aromatic N) is 2. The van der Waals surface area contributed by atoms with Crippen molar-refractivity contribution >= 4 is 11.5 Å². The summed E-state index contributed by atoms with van der Waals surface area (Å²) < 4.78 is 0. The summed E-state index contributed by atoms with van der Waals surface area (Å²) in [7, 11) is 0. The average Bonchev–Trinajstić information content (AvgIpc) is 3.01. The Kier molecular flexibility index (Phi) is 2.32. The monoisotopic (exact) mass is 241 g/mol. The van der Waals surface area contributed by atoms with Gasteiger partial charge in [0.05, 0.1) is 13.1 Å². The molecule has 4 rings (SSSR count). The predicted octanol–water partition coefficient (Wildman–Crippen LogP) is 1.93. The SMILES string of the molecule is c1cc2c3c(c1)N(CC1=NCCN1)CC3CCC2. The molecule has 0 aromatic heterocycles. The first-order chi connectivity index (χ1) is 8.92. The summed E-state index contributed by atoms with van der Waals surface area (Å²) in [6.45, 7) is 4.11. The van der Waals surface area contributed by atoms with Crippen LogP contribution < -0.4 is 10.2 Å². The Balaban J connectivity index is 1.67. The number of aryl methyl sites for hydroxylation is 1. The molecule has 2 heterocycles. The second-order valence-electron chi connectivity index (χ2n) is 5.57. The van der Waals surface area contributed by atoms with Gasteiger partial charge in [-0.3, -0.25) is 4.99 Å². The summed E-state index contributed by atoms with van der Waals surface area (Å²) >= 11 is 0. The number of amidine groups is 1. The fourth-order valence-corrected chi connectivity index (χ4v) is 3.68. The number of nitrogens with one attached hydrogen (secondary N) is 1. The van der Waals surface area contributed by atoms with Crippen LogP contribution in [0.1, 0.15) is 29.9 Å². The first-order valence-electron chi connectivity index (χ1n) is 7.06. The molecule has 0 fully saturated rings. The van der Waals surface area contributed by atoms with E-state index in [0.717, 1.165) is 25.6 Å². The fraction of sp³-hybridized carbons (Fsp3) is 0.533. The number of rotatable bonds is 2. The maximum atomic E-state index is 4.52. The molecule has 3 nitrogen and oxygen atoms in total. The van der Waals surface area contributed by atoms with Crippen LogP contribution in [0, 0.1) is 0 Å². The molecule has 0 saturated heterocycles. The van der Waals surface area contributed by atoms with Gasteiger partial charge < -0.3 is 10.2 Å². The van der Waals surface area contributed by atoms with E-state index in [1.54, 1.807) is 11.1 Å². The second-order valence-corrected chi connectivity index (χ2v) is 5.57. The number of aliphatic imine (C=N–C) groups is 1. The fourth-order valence-electron chi connectivity index (χ4n) is 3.68. The lowest BCUT2D eigenvalue weighted by Gasteiger charge is -2.19. The highest BCUT2D eigenvalue weighted by Crippen LogP contribution is 2.44. The maximum Gasteiger partial charge on any atom is 0.116 e. The van der Waals surface area contributed by atoms with Gasteiger partial charge in [-0.2, -0.15) is 0 Å². The topological polar surface area (TPSA) is 27.6 Å². The highest BCUT2D eigenvalue weighted by atomic mass is 15.2. The van der Waals surface area contributed by atoms with E-state index in [1.165, 1.54) is 37.3 Å². The van der Waals surface area contributed by atoms with Crippen LogP contribution in [0.5, 0.6) is 0 Å². The predicted molar refractivity (Wildman–Crippen MR) is 74.6 cm³/mol. The molecule has 3 heteroatoms. The Bertz CT molecular complexity index is 506. The number of anilines is 1. The van der Waals surface area contributed by atoms with Crippen molar-refractivity contribution in [1.82, 2.24) is 5.32 Å². The van der Waals surface area contributed by atoms with Crippen molar-refractivity contribution in [2.24, 2.45) is 4.99 Å². The van der Waals surface area contributed by atoms with Gasteiger partial charge in [-0.05, 0) is 36.5 Å². The van der Waals surface area contributed by atoms with E-state index in [0.29, 0.717) is 0 Å². The van der Waals surface area contributed by atoms with E-state index < -0.39 is 0 Å². The van der Waals surface area contributed by atoms with Crippen molar-refractivity contribution < 1.29 is 0 Å². The summed E-state index contributed by atoms with van der Waals surface area (Å²) in [5.41, 5.74) is 4.70. The van der Waals surface area contributed by atoms with Crippen LogP contribution in [0.2, 0.25) is 0 Å². The minimum atomic E-state index is 0.770. The Hall–Kier alpha value is -1.51. The molecule has 1 aliphatic carbocycles. The van der Waals surface area contributed by atoms with E-state index in [2.05, 4.69) is 33.4 Å². The molecule has 18 heavy (non-hydrogen) atoms. The molecule has 2 aliphatic heterocycles. The van der Waals surface area contributed by atoms with E-state index in [1.807, 2.05) is 0 Å². The quantitative estimate of drug-likeness (QED) is 0.856. The zero-order valence-electron chi connectivity index (χ0n) is 10.7. The van der Waals surface area contributed by atoms with Crippen molar-refractivity contribution in [2.75, 3.05) is 31.1 Å². The van der Waals surface area contributed by atoms with Crippen LogP contribution >= 0.6 is 0 Å². The van der Waals surface area contributed by atoms with Crippen LogP contribution in [-0.2, 0) is 6.42 Å². The van der Waals surface area contributed by atoms with Crippen molar-refractivity contribution in [3.05, 3.63) is 29.3 Å². The number of hydrogen-bond donors (Lipinski definition) is 1. The minimum Gasteiger partial charge on any atom is -0.370 e. The molecule has 1 N–H and O–H groups in total. The Morgan fingerprint density at radius 2 is 2.39 bits per heavy atom. The van der Waals surface area contributed by atoms with Crippen molar-refractivity contribution in [2.45, 2.75) is 25.2 Å². The van der Waals surface area contributed by atoms with Gasteiger partial charge in [-0.25, -0.2) is 0 Å². The molecule has 1 unspecified atom stereocenters. The lowest BCUT2D eigenvalue weighted by Crippen LogP contribution is -2.34. The van der Waals surface area contributed by atoms with Crippen molar-refractivity contribution in [3.8, 4) is 0 Å². The van der Waals surface area contributed by atoms with Crippen LogP contribution in [0.25, 0.3) is 0 Å². The van der Waals surface area contributed by atoms with Gasteiger partial charge in [-0.15, -0.1) is 0 Å². The molecule has 0 amide bonds. The van der Waals surface area contributed by atoms with Gasteiger partial charge in [0.25, 0.3) is 0 Å². The number of benzene rings is 1. The number of hydrogen-bond acceptors (Lipinski definition) is 3. The zero-order chi connectivity index (χ0) is 11.9. The first kappa shape index (κ1) is 10.4. The molecule has 1 aromatic carbocycles. The van der Waals surface area contributed by atoms with Crippen LogP contribution in [0.4, 0.5) is 5.69 Å². The van der Waals surface area contributed by atoms with Gasteiger partial charge in [0.1, 0.15) is 5.84 Å². The highest BCUT2D eigenvalue weighted by Gasteiger charge is 2.33. The third-order valence-electron chi connectivity index (χ3n) is 4.45. The molecule has 1 aromatic rings. The molecule has 0 spiro atoms. The van der Waals surface area contributed by atoms with E-state index in [-0.39, 0.29) is 0 Å². The highest BCUT2D eigenvalue weighted by molar-refractivity contribution is 5.88. The third kappa shape index (κ3) is 1.53. The summed E-state index contributed by atoms with van der Waals surface area (Å²) in [6, 6.07) is 6.83. The van der Waals surface area contributed by atoms with E-state index >= 15 is 0 Å². The Morgan fingerprint density at radius 3 is 3.28 bits per heavy atom. The van der Waals surface area contributed by atoms with Gasteiger partial charge in [0, 0.05) is 24.7 Å². The lowest BCUT2D eigenvalue weighted by molar-refractivity contribution is 0.577. The Labute approximate surface area is 108 Å². The van der Waals surface area contributed by atoms with Gasteiger partial charge in [0.15, 0.2) is 0 Å². The average molecular weight is 241 g/mol. The molecule has 1 atom stereocenters. The van der Waals surface area contributed by atoms with Gasteiger partial charge in [0.2, 0.25) is 0 Å². The normalized spacial score (nSPS) is 24.8. The van der Waals surface area contributed by atoms with E-state index in [4.69, 9.17) is 0 Å².